The SMILES string of the molecule is CC(=O)NC[C@H]1CN(c2ccc3c(c2)CCCc2c(-c4csc(OC(F)(F)F)c4)noc2-3)C(=O)O1. The Hall–Kier alpha value is -3.54. The van der Waals surface area contributed by atoms with Crippen LogP contribution in [0.25, 0.3) is 22.6 Å². The van der Waals surface area contributed by atoms with E-state index in [1.807, 2.05) is 12.1 Å². The van der Waals surface area contributed by atoms with Crippen LogP contribution in [0.15, 0.2) is 34.2 Å². The number of carbonyl (C=O) groups is 2. The van der Waals surface area contributed by atoms with Gasteiger partial charge < -0.3 is 19.3 Å². The molecular formula is C23H20F3N3O5S. The van der Waals surface area contributed by atoms with Crippen LogP contribution in [-0.2, 0) is 22.4 Å². The first kappa shape index (κ1) is 23.2. The Bertz CT molecular complexity index is 1290. The Morgan fingerprint density at radius 2 is 2.14 bits per heavy atom. The average molecular weight is 507 g/mol. The van der Waals surface area contributed by atoms with Gasteiger partial charge in [-0.2, -0.15) is 0 Å². The molecule has 8 nitrogen and oxygen atoms in total. The first-order valence-electron chi connectivity index (χ1n) is 10.9. The van der Waals surface area contributed by atoms with Gasteiger partial charge in [0, 0.05) is 40.7 Å². The maximum atomic E-state index is 12.5. The Labute approximate surface area is 201 Å². The van der Waals surface area contributed by atoms with E-state index in [0.717, 1.165) is 40.9 Å². The molecule has 5 rings (SSSR count). The van der Waals surface area contributed by atoms with Gasteiger partial charge in [-0.15, -0.1) is 24.5 Å². The summed E-state index contributed by atoms with van der Waals surface area (Å²) < 4.78 is 52.7. The topological polar surface area (TPSA) is 93.9 Å². The number of hydrogen-bond donors (Lipinski definition) is 1. The van der Waals surface area contributed by atoms with E-state index in [2.05, 4.69) is 15.2 Å². The minimum atomic E-state index is -4.76. The van der Waals surface area contributed by atoms with Crippen LogP contribution in [-0.4, -0.2) is 42.7 Å². The minimum Gasteiger partial charge on any atom is -0.442 e. The van der Waals surface area contributed by atoms with Crippen molar-refractivity contribution in [3.05, 3.63) is 40.8 Å². The molecule has 1 aliphatic carbocycles. The molecule has 0 bridgehead atoms. The third kappa shape index (κ3) is 4.83. The molecule has 0 radical (unpaired) electrons. The Kier molecular flexibility index (Phi) is 5.91. The summed E-state index contributed by atoms with van der Waals surface area (Å²) in [6.07, 6.45) is -3.56. The lowest BCUT2D eigenvalue weighted by Gasteiger charge is -2.15. The number of anilines is 1. The quantitative estimate of drug-likeness (QED) is 0.527. The molecule has 0 saturated carbocycles. The molecule has 2 aliphatic rings. The number of nitrogens with one attached hydrogen (secondary N) is 1. The van der Waals surface area contributed by atoms with E-state index < -0.39 is 18.6 Å². The lowest BCUT2D eigenvalue weighted by molar-refractivity contribution is -0.273. The molecule has 1 aliphatic heterocycles. The number of alkyl halides is 3. The van der Waals surface area contributed by atoms with E-state index in [9.17, 15) is 22.8 Å². The number of rotatable bonds is 5. The number of aryl methyl sites for hydroxylation is 1. The van der Waals surface area contributed by atoms with Crippen molar-refractivity contribution >= 4 is 29.0 Å². The molecule has 3 aromatic rings. The molecule has 1 saturated heterocycles. The standard InChI is InChI=1S/C23H20F3N3O5S/c1-12(30)27-9-16-10-29(22(31)32-16)15-5-6-17-13(7-15)3-2-4-18-20(28-34-21(17)18)14-8-19(35-11-14)33-23(24,25)26/h5-8,11,16H,2-4,9-10H2,1H3,(H,27,30)/t16-/m0/s1. The van der Waals surface area contributed by atoms with Crippen LogP contribution in [0.3, 0.4) is 0 Å². The predicted octanol–water partition coefficient (Wildman–Crippen LogP) is 4.92. The number of nitrogens with zero attached hydrogens (tertiary/aromatic N) is 2. The largest absolute Gasteiger partial charge is 0.573 e. The van der Waals surface area contributed by atoms with E-state index in [1.165, 1.54) is 17.9 Å². The van der Waals surface area contributed by atoms with E-state index in [1.54, 1.807) is 11.4 Å². The molecule has 184 valence electrons. The summed E-state index contributed by atoms with van der Waals surface area (Å²) >= 11 is 0.841. The second kappa shape index (κ2) is 8.91. The van der Waals surface area contributed by atoms with Crippen molar-refractivity contribution < 1.29 is 36.8 Å². The molecule has 0 spiro atoms. The molecule has 1 fully saturated rings. The van der Waals surface area contributed by atoms with Crippen molar-refractivity contribution in [2.24, 2.45) is 0 Å². The molecule has 2 amide bonds. The summed E-state index contributed by atoms with van der Waals surface area (Å²) in [7, 11) is 0. The highest BCUT2D eigenvalue weighted by atomic mass is 32.1. The average Bonchev–Trinajstić information content (AvgIpc) is 3.47. The van der Waals surface area contributed by atoms with Crippen LogP contribution in [0, 0.1) is 0 Å². The van der Waals surface area contributed by atoms with Crippen molar-refractivity contribution in [1.82, 2.24) is 10.5 Å². The second-order valence-electron chi connectivity index (χ2n) is 8.29. The fourth-order valence-corrected chi connectivity index (χ4v) is 5.08. The second-order valence-corrected chi connectivity index (χ2v) is 9.16. The molecule has 2 aromatic heterocycles. The van der Waals surface area contributed by atoms with Crippen LogP contribution in [0.4, 0.5) is 23.7 Å². The Balaban J connectivity index is 1.40. The lowest BCUT2D eigenvalue weighted by Crippen LogP contribution is -2.33. The van der Waals surface area contributed by atoms with Crippen LogP contribution < -0.4 is 15.0 Å². The summed E-state index contributed by atoms with van der Waals surface area (Å²) in [6.45, 7) is 1.96. The summed E-state index contributed by atoms with van der Waals surface area (Å²) in [5.74, 6) is 0.370. The monoisotopic (exact) mass is 507 g/mol. The number of thiophene rings is 1. The lowest BCUT2D eigenvalue weighted by atomic mass is 10.0. The number of carbonyl (C=O) groups excluding carboxylic acids is 2. The summed E-state index contributed by atoms with van der Waals surface area (Å²) in [6, 6.07) is 6.86. The third-order valence-electron chi connectivity index (χ3n) is 5.82. The van der Waals surface area contributed by atoms with Gasteiger partial charge in [0.05, 0.1) is 13.1 Å². The molecule has 12 heteroatoms. The summed E-state index contributed by atoms with van der Waals surface area (Å²) in [4.78, 5) is 25.1. The van der Waals surface area contributed by atoms with E-state index in [-0.39, 0.29) is 17.5 Å². The van der Waals surface area contributed by atoms with Gasteiger partial charge in [-0.25, -0.2) is 4.79 Å². The first-order chi connectivity index (χ1) is 16.7. The molecule has 35 heavy (non-hydrogen) atoms. The van der Waals surface area contributed by atoms with Gasteiger partial charge >= 0.3 is 12.5 Å². The van der Waals surface area contributed by atoms with Crippen molar-refractivity contribution in [3.8, 4) is 27.6 Å². The summed E-state index contributed by atoms with van der Waals surface area (Å²) in [5.41, 5.74) is 4.29. The smallest absolute Gasteiger partial charge is 0.442 e. The van der Waals surface area contributed by atoms with Crippen molar-refractivity contribution in [2.45, 2.75) is 38.7 Å². The zero-order valence-electron chi connectivity index (χ0n) is 18.5. The number of hydrogen-bond acceptors (Lipinski definition) is 7. The first-order valence-corrected chi connectivity index (χ1v) is 11.7. The molecule has 1 N–H and O–H groups in total. The van der Waals surface area contributed by atoms with Crippen LogP contribution in [0.1, 0.15) is 24.5 Å². The Morgan fingerprint density at radius 1 is 1.31 bits per heavy atom. The zero-order chi connectivity index (χ0) is 24.7. The minimum absolute atomic E-state index is 0.196. The highest BCUT2D eigenvalue weighted by Gasteiger charge is 2.34. The van der Waals surface area contributed by atoms with Gasteiger partial charge in [0.15, 0.2) is 10.8 Å². The van der Waals surface area contributed by atoms with Crippen molar-refractivity contribution in [3.63, 3.8) is 0 Å². The molecule has 1 atom stereocenters. The number of aromatic nitrogens is 1. The van der Waals surface area contributed by atoms with Gasteiger partial charge in [-0.3, -0.25) is 9.69 Å². The van der Waals surface area contributed by atoms with Crippen LogP contribution in [0.2, 0.25) is 0 Å². The van der Waals surface area contributed by atoms with Gasteiger partial charge in [0.25, 0.3) is 0 Å². The number of amides is 2. The van der Waals surface area contributed by atoms with Crippen LogP contribution >= 0.6 is 11.3 Å². The number of cyclic esters (lactones) is 1. The third-order valence-corrected chi connectivity index (χ3v) is 6.63. The van der Waals surface area contributed by atoms with E-state index >= 15 is 0 Å². The molecule has 0 unspecified atom stereocenters. The number of halogens is 3. The van der Waals surface area contributed by atoms with E-state index in [4.69, 9.17) is 9.26 Å². The fraction of sp³-hybridized carbons (Fsp3) is 0.348. The van der Waals surface area contributed by atoms with Gasteiger partial charge in [0.2, 0.25) is 5.91 Å². The van der Waals surface area contributed by atoms with Crippen molar-refractivity contribution in [1.29, 1.82) is 0 Å². The maximum absolute atomic E-state index is 12.5. The normalized spacial score (nSPS) is 17.4. The van der Waals surface area contributed by atoms with Gasteiger partial charge in [-0.1, -0.05) is 5.16 Å². The number of benzene rings is 1. The molecule has 1 aromatic carbocycles. The molecular weight excluding hydrogens is 487 g/mol. The number of ether oxygens (including phenoxy) is 2. The zero-order valence-corrected chi connectivity index (χ0v) is 19.3. The Morgan fingerprint density at radius 3 is 2.91 bits per heavy atom. The molecule has 3 heterocycles. The summed E-state index contributed by atoms with van der Waals surface area (Å²) in [5, 5.41) is 8.10. The van der Waals surface area contributed by atoms with E-state index in [0.29, 0.717) is 35.7 Å². The van der Waals surface area contributed by atoms with Crippen molar-refractivity contribution in [2.75, 3.05) is 18.0 Å². The highest BCUT2D eigenvalue weighted by molar-refractivity contribution is 7.12. The van der Waals surface area contributed by atoms with Gasteiger partial charge in [0.1, 0.15) is 11.8 Å². The number of fused-ring (bicyclic) bond motifs is 3. The van der Waals surface area contributed by atoms with Gasteiger partial charge in [-0.05, 0) is 43.0 Å². The van der Waals surface area contributed by atoms with Crippen LogP contribution in [0.5, 0.6) is 5.06 Å². The maximum Gasteiger partial charge on any atom is 0.573 e. The highest BCUT2D eigenvalue weighted by Crippen LogP contribution is 2.42. The predicted molar refractivity (Wildman–Crippen MR) is 120 cm³/mol. The fourth-order valence-electron chi connectivity index (χ4n) is 4.32.